The van der Waals surface area contributed by atoms with Gasteiger partial charge in [0.1, 0.15) is 6.04 Å². The molecule has 0 amide bonds. The van der Waals surface area contributed by atoms with Crippen molar-refractivity contribution in [1.29, 1.82) is 0 Å². The fourth-order valence-corrected chi connectivity index (χ4v) is 1.86. The van der Waals surface area contributed by atoms with Crippen LogP contribution in [0.5, 0.6) is 0 Å². The van der Waals surface area contributed by atoms with Crippen molar-refractivity contribution in [2.45, 2.75) is 26.8 Å². The maximum Gasteiger partial charge on any atom is 0.326 e. The minimum atomic E-state index is -0.832. The predicted molar refractivity (Wildman–Crippen MR) is 66.3 cm³/mol. The number of hydrogen-bond acceptors (Lipinski definition) is 2. The van der Waals surface area contributed by atoms with Crippen LogP contribution in [0.25, 0.3) is 0 Å². The molecule has 4 heteroatoms. The molecule has 0 heterocycles. The Hall–Kier alpha value is -1.22. The number of likely N-dealkylation sites (N-methyl/N-ethyl adjacent to an activating group) is 1. The number of anilines is 1. The first kappa shape index (κ1) is 12.8. The van der Waals surface area contributed by atoms with Gasteiger partial charge in [-0.2, -0.15) is 0 Å². The molecule has 0 saturated carbocycles. The van der Waals surface area contributed by atoms with Gasteiger partial charge in [-0.3, -0.25) is 0 Å². The van der Waals surface area contributed by atoms with Crippen molar-refractivity contribution in [2.24, 2.45) is 0 Å². The van der Waals surface area contributed by atoms with Crippen LogP contribution in [0.4, 0.5) is 5.69 Å². The lowest BCUT2D eigenvalue weighted by atomic mass is 10.1. The van der Waals surface area contributed by atoms with Crippen LogP contribution in [0.2, 0.25) is 5.02 Å². The van der Waals surface area contributed by atoms with Crippen LogP contribution < -0.4 is 4.90 Å². The average molecular weight is 242 g/mol. The second-order valence-corrected chi connectivity index (χ2v) is 4.09. The van der Waals surface area contributed by atoms with Gasteiger partial charge in [0, 0.05) is 17.3 Å². The Labute approximate surface area is 101 Å². The molecule has 16 heavy (non-hydrogen) atoms. The summed E-state index contributed by atoms with van der Waals surface area (Å²) in [6, 6.07) is 4.98. The van der Waals surface area contributed by atoms with Gasteiger partial charge in [0.2, 0.25) is 0 Å². The maximum absolute atomic E-state index is 11.0. The van der Waals surface area contributed by atoms with Gasteiger partial charge in [-0.1, -0.05) is 17.7 Å². The molecule has 0 aliphatic carbocycles. The van der Waals surface area contributed by atoms with E-state index in [0.717, 1.165) is 11.3 Å². The Balaban J connectivity index is 3.13. The lowest BCUT2D eigenvalue weighted by Crippen LogP contribution is -2.39. The van der Waals surface area contributed by atoms with Gasteiger partial charge in [0.25, 0.3) is 0 Å². The van der Waals surface area contributed by atoms with Gasteiger partial charge < -0.3 is 10.0 Å². The second-order valence-electron chi connectivity index (χ2n) is 3.68. The van der Waals surface area contributed by atoms with E-state index in [9.17, 15) is 4.79 Å². The quantitative estimate of drug-likeness (QED) is 0.881. The summed E-state index contributed by atoms with van der Waals surface area (Å²) in [5.41, 5.74) is 1.80. The molecule has 0 radical (unpaired) electrons. The van der Waals surface area contributed by atoms with Gasteiger partial charge in [-0.05, 0) is 38.5 Å². The molecular formula is C12H16ClNO2. The number of aliphatic carboxylic acids is 1. The number of carboxylic acid groups (broad SMARTS) is 1. The third-order valence-corrected chi connectivity index (χ3v) is 3.12. The number of carboxylic acids is 1. The monoisotopic (exact) mass is 241 g/mol. The fourth-order valence-electron chi connectivity index (χ4n) is 1.69. The van der Waals surface area contributed by atoms with Crippen molar-refractivity contribution in [3.05, 3.63) is 28.8 Å². The summed E-state index contributed by atoms with van der Waals surface area (Å²) >= 11 is 6.03. The van der Waals surface area contributed by atoms with E-state index in [2.05, 4.69) is 0 Å². The van der Waals surface area contributed by atoms with E-state index >= 15 is 0 Å². The van der Waals surface area contributed by atoms with Crippen LogP contribution in [-0.4, -0.2) is 23.7 Å². The molecular weight excluding hydrogens is 226 g/mol. The number of nitrogens with zero attached hydrogens (tertiary/aromatic N) is 1. The van der Waals surface area contributed by atoms with E-state index in [1.807, 2.05) is 30.9 Å². The Morgan fingerprint density at radius 3 is 2.69 bits per heavy atom. The molecule has 0 aromatic heterocycles. The zero-order valence-electron chi connectivity index (χ0n) is 9.70. The van der Waals surface area contributed by atoms with Gasteiger partial charge in [0.05, 0.1) is 0 Å². The Morgan fingerprint density at radius 1 is 1.56 bits per heavy atom. The lowest BCUT2D eigenvalue weighted by Gasteiger charge is -2.29. The summed E-state index contributed by atoms with van der Waals surface area (Å²) < 4.78 is 0. The van der Waals surface area contributed by atoms with E-state index in [1.54, 1.807) is 13.0 Å². The highest BCUT2D eigenvalue weighted by molar-refractivity contribution is 6.31. The number of halogens is 1. The molecule has 88 valence electrons. The summed E-state index contributed by atoms with van der Waals surface area (Å²) in [4.78, 5) is 12.8. The van der Waals surface area contributed by atoms with Crippen molar-refractivity contribution >= 4 is 23.3 Å². The van der Waals surface area contributed by atoms with E-state index in [-0.39, 0.29) is 0 Å². The standard InChI is InChI=1S/C12H16ClNO2/c1-4-14(9(3)12(15)16)11-7-5-6-10(13)8(11)2/h5-7,9H,4H2,1-3H3,(H,15,16). The topological polar surface area (TPSA) is 40.5 Å². The predicted octanol–water partition coefficient (Wildman–Crippen LogP) is 2.95. The smallest absolute Gasteiger partial charge is 0.326 e. The summed E-state index contributed by atoms with van der Waals surface area (Å²) in [6.45, 7) is 6.13. The average Bonchev–Trinajstić information content (AvgIpc) is 2.24. The van der Waals surface area contributed by atoms with Gasteiger partial charge in [0.15, 0.2) is 0 Å². The first-order chi connectivity index (χ1) is 7.49. The Kier molecular flexibility index (Phi) is 4.19. The van der Waals surface area contributed by atoms with Gasteiger partial charge in [-0.25, -0.2) is 4.79 Å². The lowest BCUT2D eigenvalue weighted by molar-refractivity contribution is -0.138. The van der Waals surface area contributed by atoms with Crippen molar-refractivity contribution in [1.82, 2.24) is 0 Å². The molecule has 1 aromatic carbocycles. The second kappa shape index (κ2) is 5.21. The summed E-state index contributed by atoms with van der Waals surface area (Å²) in [5.74, 6) is -0.832. The van der Waals surface area contributed by atoms with Crippen molar-refractivity contribution < 1.29 is 9.90 Å². The zero-order valence-corrected chi connectivity index (χ0v) is 10.5. The maximum atomic E-state index is 11.0. The van der Waals surface area contributed by atoms with Crippen LogP contribution >= 0.6 is 11.6 Å². The van der Waals surface area contributed by atoms with Crippen molar-refractivity contribution in [2.75, 3.05) is 11.4 Å². The molecule has 0 fully saturated rings. The molecule has 1 N–H and O–H groups in total. The molecule has 1 rings (SSSR count). The fraction of sp³-hybridized carbons (Fsp3) is 0.417. The normalized spacial score (nSPS) is 12.2. The van der Waals surface area contributed by atoms with Crippen LogP contribution in [0, 0.1) is 6.92 Å². The van der Waals surface area contributed by atoms with Gasteiger partial charge in [-0.15, -0.1) is 0 Å². The molecule has 1 aromatic rings. The van der Waals surface area contributed by atoms with Gasteiger partial charge >= 0.3 is 5.97 Å². The third kappa shape index (κ3) is 2.47. The molecule has 0 saturated heterocycles. The Morgan fingerprint density at radius 2 is 2.19 bits per heavy atom. The molecule has 0 bridgehead atoms. The van der Waals surface area contributed by atoms with E-state index in [4.69, 9.17) is 16.7 Å². The van der Waals surface area contributed by atoms with E-state index in [0.29, 0.717) is 11.6 Å². The number of hydrogen-bond donors (Lipinski definition) is 1. The summed E-state index contributed by atoms with van der Waals surface area (Å²) in [6.07, 6.45) is 0. The largest absolute Gasteiger partial charge is 0.480 e. The highest BCUT2D eigenvalue weighted by Crippen LogP contribution is 2.27. The molecule has 3 nitrogen and oxygen atoms in total. The molecule has 0 aliphatic heterocycles. The Bertz CT molecular complexity index is 393. The molecule has 1 unspecified atom stereocenters. The van der Waals surface area contributed by atoms with Crippen LogP contribution in [0.15, 0.2) is 18.2 Å². The van der Waals surface area contributed by atoms with Crippen molar-refractivity contribution in [3.63, 3.8) is 0 Å². The minimum Gasteiger partial charge on any atom is -0.480 e. The van der Waals surface area contributed by atoms with Crippen LogP contribution in [0.3, 0.4) is 0 Å². The SMILES string of the molecule is CCN(c1cccc(Cl)c1C)C(C)C(=O)O. The number of rotatable bonds is 4. The first-order valence-electron chi connectivity index (χ1n) is 5.23. The summed E-state index contributed by atoms with van der Waals surface area (Å²) in [5, 5.41) is 9.69. The first-order valence-corrected chi connectivity index (χ1v) is 5.61. The van der Waals surface area contributed by atoms with Crippen LogP contribution in [-0.2, 0) is 4.79 Å². The highest BCUT2D eigenvalue weighted by Gasteiger charge is 2.21. The molecule has 0 spiro atoms. The van der Waals surface area contributed by atoms with E-state index in [1.165, 1.54) is 0 Å². The molecule has 0 aliphatic rings. The minimum absolute atomic E-state index is 0.554. The van der Waals surface area contributed by atoms with E-state index < -0.39 is 12.0 Å². The zero-order chi connectivity index (χ0) is 12.3. The third-order valence-electron chi connectivity index (χ3n) is 2.71. The highest BCUT2D eigenvalue weighted by atomic mass is 35.5. The molecule has 1 atom stereocenters. The number of carbonyl (C=O) groups is 1. The van der Waals surface area contributed by atoms with Crippen LogP contribution in [0.1, 0.15) is 19.4 Å². The van der Waals surface area contributed by atoms with Crippen molar-refractivity contribution in [3.8, 4) is 0 Å². The number of benzene rings is 1. The summed E-state index contributed by atoms with van der Waals surface area (Å²) in [7, 11) is 0.